The molecule has 0 spiro atoms. The number of halogens is 4. The second-order valence-corrected chi connectivity index (χ2v) is 21.3. The average molecular weight is 1160 g/mol. The number of carbonyl (C=O) groups is 3. The van der Waals surface area contributed by atoms with E-state index < -0.39 is 0 Å². The van der Waals surface area contributed by atoms with Gasteiger partial charge < -0.3 is 0 Å². The fraction of sp³-hybridized carbons (Fsp3) is 0.393. The van der Waals surface area contributed by atoms with Crippen molar-refractivity contribution in [3.63, 3.8) is 0 Å². The molecule has 0 aromatic heterocycles. The Hall–Kier alpha value is -2.30. The second kappa shape index (κ2) is 28.4. The summed E-state index contributed by atoms with van der Waals surface area (Å²) in [6.45, 7) is 19.9. The number of Topliss-reactive ketones (excluding diaryl/α,β-unsaturated/α-hetero) is 3. The Morgan fingerprint density at radius 3 is 1.06 bits per heavy atom. The Morgan fingerprint density at radius 2 is 0.758 bits per heavy atom. The van der Waals surface area contributed by atoms with E-state index in [9.17, 15) is 14.4 Å². The van der Waals surface area contributed by atoms with Crippen molar-refractivity contribution in [3.05, 3.63) is 148 Å². The summed E-state index contributed by atoms with van der Waals surface area (Å²) in [4.78, 5) is 36.9. The summed E-state index contributed by atoms with van der Waals surface area (Å²) in [6.07, 6.45) is 13.8. The average Bonchev–Trinajstić information content (AvgIpc) is 3.31. The Bertz CT molecular complexity index is 2230. The minimum absolute atomic E-state index is 0.0212. The van der Waals surface area contributed by atoms with Crippen LogP contribution in [0.5, 0.6) is 0 Å². The van der Waals surface area contributed by atoms with Gasteiger partial charge in [0.1, 0.15) is 5.78 Å². The molecule has 0 aliphatic rings. The van der Waals surface area contributed by atoms with Gasteiger partial charge in [-0.1, -0.05) is 50.0 Å². The molecule has 4 aromatic carbocycles. The molecule has 0 saturated heterocycles. The molecule has 0 saturated carbocycles. The van der Waals surface area contributed by atoms with Gasteiger partial charge in [-0.2, -0.15) is 0 Å². The molecular weight excluding hydrogens is 1100 g/mol. The summed E-state index contributed by atoms with van der Waals surface area (Å²) in [5.41, 5.74) is 13.2. The molecule has 4 rings (SSSR count). The summed E-state index contributed by atoms with van der Waals surface area (Å²) in [6, 6.07) is 16.2. The molecular formula is C56H64Cl4O3Se3. The topological polar surface area (TPSA) is 51.2 Å². The van der Waals surface area contributed by atoms with Gasteiger partial charge in [-0.15, -0.1) is 0 Å². The maximum atomic E-state index is 12.6. The van der Waals surface area contributed by atoms with Gasteiger partial charge in [-0.25, -0.2) is 0 Å². The molecule has 0 bridgehead atoms. The molecule has 0 atom stereocenters. The first kappa shape index (κ1) is 58.0. The van der Waals surface area contributed by atoms with Crippen molar-refractivity contribution < 1.29 is 14.4 Å². The zero-order valence-electron chi connectivity index (χ0n) is 40.2. The Balaban J connectivity index is 0.000000350. The van der Waals surface area contributed by atoms with E-state index in [0.717, 1.165) is 105 Å². The first-order chi connectivity index (χ1) is 31.3. The van der Waals surface area contributed by atoms with Crippen LogP contribution in [0, 0.1) is 27.7 Å². The van der Waals surface area contributed by atoms with E-state index in [-0.39, 0.29) is 17.3 Å². The molecule has 0 fully saturated rings. The molecule has 0 aliphatic carbocycles. The van der Waals surface area contributed by atoms with Crippen molar-refractivity contribution in [2.45, 2.75) is 146 Å². The number of hydrogen-bond donors (Lipinski definition) is 0. The van der Waals surface area contributed by atoms with Crippen LogP contribution in [0.25, 0.3) is 11.1 Å². The Labute approximate surface area is 439 Å². The number of rotatable bonds is 22. The van der Waals surface area contributed by atoms with Gasteiger partial charge in [0.25, 0.3) is 0 Å². The van der Waals surface area contributed by atoms with Gasteiger partial charge in [0, 0.05) is 46.9 Å². The summed E-state index contributed by atoms with van der Waals surface area (Å²) < 4.78 is 3.89. The molecule has 0 unspecified atom stereocenters. The normalized spacial score (nSPS) is 10.8. The third-order valence-corrected chi connectivity index (χ3v) is 16.7. The molecule has 4 aromatic rings. The number of hydrogen-bond acceptors (Lipinski definition) is 3. The first-order valence-electron chi connectivity index (χ1n) is 23.1. The summed E-state index contributed by atoms with van der Waals surface area (Å²) >= 11 is 36.2. The van der Waals surface area contributed by atoms with Gasteiger partial charge in [-0.3, -0.25) is 14.4 Å². The van der Waals surface area contributed by atoms with E-state index in [4.69, 9.17) is 46.4 Å². The van der Waals surface area contributed by atoms with Gasteiger partial charge in [0.15, 0.2) is 11.6 Å². The van der Waals surface area contributed by atoms with E-state index in [2.05, 4.69) is 112 Å². The number of ketones is 3. The van der Waals surface area contributed by atoms with Gasteiger partial charge in [-0.05, 0) is 78.8 Å². The van der Waals surface area contributed by atoms with Crippen molar-refractivity contribution >= 4 is 135 Å². The van der Waals surface area contributed by atoms with Crippen LogP contribution < -0.4 is 0 Å². The standard InChI is InChI=1S/C28H32Cl2O3.C28H32Cl2Se3/c2*1-6-21(31)11-9-10-12-22(19-13-23(27(32)7-2)17(4)25(29)15-19)20-14-24(28(33)8-3)18(5)26(30)16-20/h2*12-16H,6-11H2,1-5H3. The van der Waals surface area contributed by atoms with Crippen LogP contribution in [0.15, 0.2) is 60.7 Å². The zero-order chi connectivity index (χ0) is 49.4. The van der Waals surface area contributed by atoms with Crippen molar-refractivity contribution in [2.75, 3.05) is 0 Å². The Morgan fingerprint density at radius 1 is 0.439 bits per heavy atom. The van der Waals surface area contributed by atoms with Crippen LogP contribution in [0.1, 0.15) is 195 Å². The quantitative estimate of drug-likeness (QED) is 0.0448. The van der Waals surface area contributed by atoms with E-state index in [0.29, 0.717) is 53.3 Å². The van der Waals surface area contributed by atoms with Crippen LogP contribution in [-0.2, 0) is 4.79 Å². The molecule has 3 nitrogen and oxygen atoms in total. The van der Waals surface area contributed by atoms with Crippen molar-refractivity contribution in [1.29, 1.82) is 0 Å². The van der Waals surface area contributed by atoms with Crippen LogP contribution in [0.2, 0.25) is 20.1 Å². The number of benzene rings is 4. The second-order valence-electron chi connectivity index (χ2n) is 16.4. The number of carbonyl (C=O) groups excluding carboxylic acids is 3. The molecule has 0 aliphatic heterocycles. The molecule has 0 heterocycles. The van der Waals surface area contributed by atoms with Crippen LogP contribution in [0.3, 0.4) is 0 Å². The third-order valence-electron chi connectivity index (χ3n) is 11.9. The van der Waals surface area contributed by atoms with Crippen LogP contribution in [-0.4, -0.2) is 77.3 Å². The first-order valence-corrected chi connectivity index (χ1v) is 27.1. The fourth-order valence-corrected chi connectivity index (χ4v) is 9.58. The van der Waals surface area contributed by atoms with Crippen molar-refractivity contribution in [1.82, 2.24) is 0 Å². The summed E-state index contributed by atoms with van der Waals surface area (Å²) in [5.74, 6) is 0.272. The summed E-state index contributed by atoms with van der Waals surface area (Å²) in [7, 11) is 0. The van der Waals surface area contributed by atoms with Crippen LogP contribution >= 0.6 is 46.4 Å². The molecule has 0 radical (unpaired) electrons. The summed E-state index contributed by atoms with van der Waals surface area (Å²) in [5, 5.41) is 2.61. The molecule has 66 heavy (non-hydrogen) atoms. The fourth-order valence-electron chi connectivity index (χ4n) is 7.51. The van der Waals surface area contributed by atoms with E-state index >= 15 is 0 Å². The Kier molecular flexibility index (Phi) is 24.9. The zero-order valence-corrected chi connectivity index (χ0v) is 48.4. The van der Waals surface area contributed by atoms with E-state index in [1.807, 2.05) is 65.0 Å². The number of unbranched alkanes of at least 4 members (excludes halogenated alkanes) is 2. The molecule has 0 amide bonds. The van der Waals surface area contributed by atoms with E-state index in [1.165, 1.54) is 30.0 Å². The van der Waals surface area contributed by atoms with Gasteiger partial charge >= 0.3 is 236 Å². The predicted octanol–water partition coefficient (Wildman–Crippen LogP) is 15.5. The SMILES string of the molecule is CCC(=O)CCCC=C(c1cc(Cl)c(C)c(C(=O)CC)c1)c1cc(Cl)c(C)c(C(=O)CC)c1.CCC(=[Se])CCCC=C(c1cc(Cl)c(C)c(C(=[Se])CC)c1)c1cc(Cl)c(C)c(C(=[Se])CC)c1. The molecule has 0 N–H and O–H groups in total. The number of allylic oxidation sites excluding steroid dienone is 2. The maximum absolute atomic E-state index is 12.6. The van der Waals surface area contributed by atoms with E-state index in [1.54, 1.807) is 0 Å². The van der Waals surface area contributed by atoms with Crippen LogP contribution in [0.4, 0.5) is 0 Å². The van der Waals surface area contributed by atoms with Crippen molar-refractivity contribution in [3.8, 4) is 0 Å². The van der Waals surface area contributed by atoms with Crippen molar-refractivity contribution in [2.24, 2.45) is 0 Å². The van der Waals surface area contributed by atoms with Gasteiger partial charge in [0.05, 0.1) is 0 Å². The molecule has 10 heteroatoms. The minimum atomic E-state index is 0.0212. The monoisotopic (exact) mass is 1160 g/mol. The predicted molar refractivity (Wildman–Crippen MR) is 293 cm³/mol. The molecule has 352 valence electrons. The third kappa shape index (κ3) is 15.9. The van der Waals surface area contributed by atoms with Gasteiger partial charge in [0.2, 0.25) is 0 Å².